The second-order valence-electron chi connectivity index (χ2n) is 5.95. The van der Waals surface area contributed by atoms with Gasteiger partial charge in [0.15, 0.2) is 0 Å². The van der Waals surface area contributed by atoms with Gasteiger partial charge in [-0.25, -0.2) is 0 Å². The monoisotopic (exact) mass is 307 g/mol. The fourth-order valence-electron chi connectivity index (χ4n) is 2.56. The van der Waals surface area contributed by atoms with Gasteiger partial charge in [-0.2, -0.15) is 0 Å². The molecule has 118 valence electrons. The van der Waals surface area contributed by atoms with Gasteiger partial charge in [0.2, 0.25) is 0 Å². The van der Waals surface area contributed by atoms with Crippen molar-refractivity contribution in [1.29, 1.82) is 0 Å². The Kier molecular flexibility index (Phi) is 4.47. The van der Waals surface area contributed by atoms with Gasteiger partial charge in [0, 0.05) is 11.9 Å². The molecule has 23 heavy (non-hydrogen) atoms. The van der Waals surface area contributed by atoms with Gasteiger partial charge >= 0.3 is 0 Å². The third-order valence-electron chi connectivity index (χ3n) is 4.23. The zero-order chi connectivity index (χ0) is 16.2. The molecule has 0 aliphatic carbocycles. The maximum Gasteiger partial charge on any atom is 0.252 e. The Hall–Kier alpha value is -2.55. The zero-order valence-electron chi connectivity index (χ0n) is 13.5. The molecule has 0 bridgehead atoms. The van der Waals surface area contributed by atoms with E-state index in [2.05, 4.69) is 19.2 Å². The molecule has 1 aromatic heterocycles. The summed E-state index contributed by atoms with van der Waals surface area (Å²) < 4.78 is 5.47. The molecule has 0 saturated heterocycles. The summed E-state index contributed by atoms with van der Waals surface area (Å²) in [6.07, 6.45) is 2.70. The molecule has 3 rings (SSSR count). The predicted octanol–water partition coefficient (Wildman–Crippen LogP) is 4.88. The van der Waals surface area contributed by atoms with Crippen molar-refractivity contribution in [2.75, 3.05) is 6.54 Å². The van der Waals surface area contributed by atoms with Gasteiger partial charge in [0.1, 0.15) is 5.58 Å². The lowest BCUT2D eigenvalue weighted by atomic mass is 9.97. The van der Waals surface area contributed by atoms with Gasteiger partial charge in [-0.1, -0.05) is 50.6 Å². The van der Waals surface area contributed by atoms with Crippen molar-refractivity contribution in [1.82, 2.24) is 5.32 Å². The van der Waals surface area contributed by atoms with E-state index in [-0.39, 0.29) is 5.91 Å². The second-order valence-corrected chi connectivity index (χ2v) is 5.95. The van der Waals surface area contributed by atoms with Crippen molar-refractivity contribution in [3.63, 3.8) is 0 Å². The smallest absolute Gasteiger partial charge is 0.252 e. The summed E-state index contributed by atoms with van der Waals surface area (Å²) in [6.45, 7) is 4.94. The zero-order valence-corrected chi connectivity index (χ0v) is 13.5. The van der Waals surface area contributed by atoms with Crippen LogP contribution in [0.4, 0.5) is 0 Å². The summed E-state index contributed by atoms with van der Waals surface area (Å²) in [5.41, 5.74) is 3.35. The van der Waals surface area contributed by atoms with E-state index in [0.29, 0.717) is 18.0 Å². The maximum atomic E-state index is 12.7. The molecule has 3 heteroatoms. The van der Waals surface area contributed by atoms with Crippen LogP contribution in [0.5, 0.6) is 0 Å². The highest BCUT2D eigenvalue weighted by Crippen LogP contribution is 2.29. The number of nitrogens with one attached hydrogen (secondary N) is 1. The molecular weight excluding hydrogens is 286 g/mol. The Balaban J connectivity index is 2.01. The molecule has 1 N–H and O–H groups in total. The number of rotatable bonds is 5. The molecule has 1 heterocycles. The number of amides is 1. The van der Waals surface area contributed by atoms with Crippen LogP contribution in [-0.4, -0.2) is 12.5 Å². The van der Waals surface area contributed by atoms with E-state index in [9.17, 15) is 4.79 Å². The molecule has 0 aliphatic rings. The maximum absolute atomic E-state index is 12.7. The van der Waals surface area contributed by atoms with Crippen molar-refractivity contribution in [2.24, 2.45) is 5.92 Å². The molecule has 0 aliphatic heterocycles. The topological polar surface area (TPSA) is 42.2 Å². The average Bonchev–Trinajstić information content (AvgIpc) is 3.06. The van der Waals surface area contributed by atoms with Gasteiger partial charge < -0.3 is 9.73 Å². The Labute approximate surface area is 136 Å². The van der Waals surface area contributed by atoms with Crippen LogP contribution in [0.25, 0.3) is 22.1 Å². The Morgan fingerprint density at radius 1 is 1.17 bits per heavy atom. The number of carbonyl (C=O) groups excluding carboxylic acids is 1. The molecule has 0 spiro atoms. The Morgan fingerprint density at radius 3 is 2.70 bits per heavy atom. The first-order chi connectivity index (χ1) is 11.2. The van der Waals surface area contributed by atoms with Gasteiger partial charge in [0.25, 0.3) is 5.91 Å². The number of benzene rings is 2. The molecular formula is C20H21NO2. The van der Waals surface area contributed by atoms with Crippen LogP contribution < -0.4 is 5.32 Å². The lowest BCUT2D eigenvalue weighted by Crippen LogP contribution is -2.28. The fraction of sp³-hybridized carbons (Fsp3) is 0.250. The van der Waals surface area contributed by atoms with E-state index in [1.54, 1.807) is 6.26 Å². The van der Waals surface area contributed by atoms with Crippen LogP contribution in [-0.2, 0) is 0 Å². The quantitative estimate of drug-likeness (QED) is 0.730. The largest absolute Gasteiger partial charge is 0.464 e. The van der Waals surface area contributed by atoms with E-state index in [1.807, 2.05) is 48.5 Å². The van der Waals surface area contributed by atoms with Crippen molar-refractivity contribution < 1.29 is 9.21 Å². The first-order valence-electron chi connectivity index (χ1n) is 8.04. The summed E-state index contributed by atoms with van der Waals surface area (Å²) in [4.78, 5) is 12.7. The summed E-state index contributed by atoms with van der Waals surface area (Å²) in [6, 6.07) is 15.8. The molecule has 0 radical (unpaired) electrons. The molecule has 3 nitrogen and oxygen atoms in total. The van der Waals surface area contributed by atoms with Crippen LogP contribution >= 0.6 is 0 Å². The summed E-state index contributed by atoms with van der Waals surface area (Å²) in [7, 11) is 0. The first-order valence-corrected chi connectivity index (χ1v) is 8.04. The third kappa shape index (κ3) is 3.29. The van der Waals surface area contributed by atoms with Gasteiger partial charge in [-0.3, -0.25) is 4.79 Å². The van der Waals surface area contributed by atoms with Crippen molar-refractivity contribution in [2.45, 2.75) is 20.3 Å². The number of hydrogen-bond acceptors (Lipinski definition) is 2. The molecule has 1 amide bonds. The highest BCUT2D eigenvalue weighted by molar-refractivity contribution is 6.04. The fourth-order valence-corrected chi connectivity index (χ4v) is 2.56. The molecule has 0 fully saturated rings. The standard InChI is InChI=1S/C20H21NO2/c1-3-14(2)13-21-20(22)18-12-19-16(9-10-23-19)11-17(18)15-7-5-4-6-8-15/h4-12,14H,3,13H2,1-2H3,(H,21,22). The normalized spacial score (nSPS) is 12.3. The van der Waals surface area contributed by atoms with Gasteiger partial charge in [-0.05, 0) is 35.2 Å². The molecule has 2 aromatic carbocycles. The minimum Gasteiger partial charge on any atom is -0.464 e. The van der Waals surface area contributed by atoms with Crippen molar-refractivity contribution in [3.05, 3.63) is 60.4 Å². The van der Waals surface area contributed by atoms with E-state index in [0.717, 1.165) is 28.5 Å². The summed E-state index contributed by atoms with van der Waals surface area (Å²) >= 11 is 0. The van der Waals surface area contributed by atoms with Crippen molar-refractivity contribution >= 4 is 16.9 Å². The second kappa shape index (κ2) is 6.69. The first kappa shape index (κ1) is 15.3. The van der Waals surface area contributed by atoms with Crippen LogP contribution in [0.15, 0.2) is 59.2 Å². The van der Waals surface area contributed by atoms with Crippen LogP contribution in [0.3, 0.4) is 0 Å². The SMILES string of the molecule is CCC(C)CNC(=O)c1cc2occc2cc1-c1ccccc1. The van der Waals surface area contributed by atoms with Crippen LogP contribution in [0.1, 0.15) is 30.6 Å². The third-order valence-corrected chi connectivity index (χ3v) is 4.23. The molecule has 0 saturated carbocycles. The van der Waals surface area contributed by atoms with Gasteiger partial charge in [-0.15, -0.1) is 0 Å². The summed E-state index contributed by atoms with van der Waals surface area (Å²) in [5.74, 6) is 0.411. The Bertz CT molecular complexity index is 805. The predicted molar refractivity (Wildman–Crippen MR) is 93.4 cm³/mol. The van der Waals surface area contributed by atoms with E-state index in [1.165, 1.54) is 0 Å². The minimum absolute atomic E-state index is 0.0533. The highest BCUT2D eigenvalue weighted by Gasteiger charge is 2.16. The van der Waals surface area contributed by atoms with E-state index >= 15 is 0 Å². The Morgan fingerprint density at radius 2 is 1.96 bits per heavy atom. The van der Waals surface area contributed by atoms with Crippen LogP contribution in [0, 0.1) is 5.92 Å². The number of carbonyl (C=O) groups is 1. The van der Waals surface area contributed by atoms with E-state index in [4.69, 9.17) is 4.42 Å². The number of fused-ring (bicyclic) bond motifs is 1. The molecule has 1 unspecified atom stereocenters. The molecule has 3 aromatic rings. The average molecular weight is 307 g/mol. The van der Waals surface area contributed by atoms with Crippen LogP contribution in [0.2, 0.25) is 0 Å². The number of furan rings is 1. The summed E-state index contributed by atoms with van der Waals surface area (Å²) in [5, 5.41) is 4.04. The minimum atomic E-state index is -0.0533. The highest BCUT2D eigenvalue weighted by atomic mass is 16.3. The molecule has 1 atom stereocenters. The van der Waals surface area contributed by atoms with Crippen molar-refractivity contribution in [3.8, 4) is 11.1 Å². The van der Waals surface area contributed by atoms with Gasteiger partial charge in [0.05, 0.1) is 11.8 Å². The number of hydrogen-bond donors (Lipinski definition) is 1. The lowest BCUT2D eigenvalue weighted by Gasteiger charge is -2.13. The van der Waals surface area contributed by atoms with E-state index < -0.39 is 0 Å². The lowest BCUT2D eigenvalue weighted by molar-refractivity contribution is 0.0948.